The summed E-state index contributed by atoms with van der Waals surface area (Å²) in [6.07, 6.45) is 0. The summed E-state index contributed by atoms with van der Waals surface area (Å²) in [4.78, 5) is 22.8. The molecule has 0 fully saturated rings. The monoisotopic (exact) mass is 300 g/mol. The Balaban J connectivity index is 2.01. The van der Waals surface area contributed by atoms with E-state index in [9.17, 15) is 9.59 Å². The lowest BCUT2D eigenvalue weighted by molar-refractivity contribution is 0.0592. The molecule has 0 bridgehead atoms. The molecule has 0 saturated carbocycles. The summed E-state index contributed by atoms with van der Waals surface area (Å²) >= 11 is 0. The molecule has 5 heteroatoms. The number of esters is 2. The summed E-state index contributed by atoms with van der Waals surface area (Å²) < 4.78 is 14.9. The van der Waals surface area contributed by atoms with Crippen molar-refractivity contribution in [2.45, 2.75) is 6.61 Å². The minimum atomic E-state index is -0.391. The number of benzene rings is 2. The van der Waals surface area contributed by atoms with Gasteiger partial charge in [-0.1, -0.05) is 12.1 Å². The molecule has 0 unspecified atom stereocenters. The molecule has 0 spiro atoms. The molecule has 5 nitrogen and oxygen atoms in total. The van der Waals surface area contributed by atoms with Gasteiger partial charge in [0.1, 0.15) is 12.4 Å². The first kappa shape index (κ1) is 15.6. The van der Waals surface area contributed by atoms with Crippen LogP contribution in [0.1, 0.15) is 26.3 Å². The minimum Gasteiger partial charge on any atom is -0.489 e. The predicted molar refractivity (Wildman–Crippen MR) is 79.9 cm³/mol. The average Bonchev–Trinajstić information content (AvgIpc) is 2.59. The molecule has 0 radical (unpaired) electrons. The van der Waals surface area contributed by atoms with Crippen molar-refractivity contribution < 1.29 is 23.8 Å². The maximum absolute atomic E-state index is 11.5. The maximum Gasteiger partial charge on any atom is 0.337 e. The zero-order valence-corrected chi connectivity index (χ0v) is 12.4. The van der Waals surface area contributed by atoms with E-state index >= 15 is 0 Å². The lowest BCUT2D eigenvalue weighted by atomic mass is 10.1. The van der Waals surface area contributed by atoms with Gasteiger partial charge in [-0.3, -0.25) is 0 Å². The van der Waals surface area contributed by atoms with Gasteiger partial charge in [-0.2, -0.15) is 0 Å². The smallest absolute Gasteiger partial charge is 0.337 e. The summed E-state index contributed by atoms with van der Waals surface area (Å²) in [5.41, 5.74) is 1.78. The van der Waals surface area contributed by atoms with E-state index in [0.717, 1.165) is 5.56 Å². The Labute approximate surface area is 128 Å². The van der Waals surface area contributed by atoms with Crippen molar-refractivity contribution in [2.24, 2.45) is 0 Å². The first-order valence-corrected chi connectivity index (χ1v) is 6.62. The van der Waals surface area contributed by atoms with Crippen LogP contribution in [0.4, 0.5) is 0 Å². The molecule has 0 aromatic heterocycles. The molecule has 0 atom stereocenters. The Hall–Kier alpha value is -2.82. The molecule has 2 rings (SSSR count). The molecule has 2 aromatic rings. The molecule has 0 heterocycles. The van der Waals surface area contributed by atoms with Gasteiger partial charge in [0.05, 0.1) is 25.3 Å². The quantitative estimate of drug-likeness (QED) is 0.795. The Morgan fingerprint density at radius 1 is 0.864 bits per heavy atom. The zero-order valence-electron chi connectivity index (χ0n) is 12.4. The van der Waals surface area contributed by atoms with Gasteiger partial charge in [0, 0.05) is 0 Å². The second-order valence-corrected chi connectivity index (χ2v) is 4.50. The molecule has 0 aliphatic carbocycles. The molecule has 0 saturated heterocycles. The topological polar surface area (TPSA) is 61.8 Å². The summed E-state index contributed by atoms with van der Waals surface area (Å²) in [5.74, 6) is -0.155. The second-order valence-electron chi connectivity index (χ2n) is 4.50. The highest BCUT2D eigenvalue weighted by atomic mass is 16.5. The van der Waals surface area contributed by atoms with Gasteiger partial charge >= 0.3 is 11.9 Å². The fourth-order valence-electron chi connectivity index (χ4n) is 1.88. The van der Waals surface area contributed by atoms with Gasteiger partial charge in [0.25, 0.3) is 0 Å². The molecule has 114 valence electrons. The van der Waals surface area contributed by atoms with Gasteiger partial charge in [-0.25, -0.2) is 9.59 Å². The van der Waals surface area contributed by atoms with Crippen molar-refractivity contribution in [2.75, 3.05) is 14.2 Å². The van der Waals surface area contributed by atoms with Gasteiger partial charge in [-0.05, 0) is 42.0 Å². The maximum atomic E-state index is 11.5. The molecular weight excluding hydrogens is 284 g/mol. The fraction of sp³-hybridized carbons (Fsp3) is 0.176. The molecule has 0 amide bonds. The molecule has 22 heavy (non-hydrogen) atoms. The van der Waals surface area contributed by atoms with Gasteiger partial charge < -0.3 is 14.2 Å². The first-order chi connectivity index (χ1) is 10.6. The lowest BCUT2D eigenvalue weighted by Gasteiger charge is -2.08. The van der Waals surface area contributed by atoms with Crippen LogP contribution in [0.15, 0.2) is 48.5 Å². The Kier molecular flexibility index (Phi) is 5.14. The third-order valence-corrected chi connectivity index (χ3v) is 3.03. The van der Waals surface area contributed by atoms with Crippen LogP contribution < -0.4 is 4.74 Å². The van der Waals surface area contributed by atoms with Crippen molar-refractivity contribution >= 4 is 11.9 Å². The van der Waals surface area contributed by atoms with Crippen molar-refractivity contribution in [3.05, 3.63) is 65.2 Å². The largest absolute Gasteiger partial charge is 0.489 e. The van der Waals surface area contributed by atoms with Gasteiger partial charge in [0.15, 0.2) is 0 Å². The van der Waals surface area contributed by atoms with Crippen LogP contribution in [0.2, 0.25) is 0 Å². The van der Waals surface area contributed by atoms with E-state index in [1.54, 1.807) is 42.5 Å². The Bertz CT molecular complexity index is 661. The van der Waals surface area contributed by atoms with Gasteiger partial charge in [-0.15, -0.1) is 0 Å². The molecule has 0 aliphatic heterocycles. The summed E-state index contributed by atoms with van der Waals surface area (Å²) in [5, 5.41) is 0. The van der Waals surface area contributed by atoms with Crippen LogP contribution in [-0.4, -0.2) is 26.2 Å². The number of hydrogen-bond donors (Lipinski definition) is 0. The van der Waals surface area contributed by atoms with Crippen LogP contribution in [-0.2, 0) is 16.1 Å². The Morgan fingerprint density at radius 2 is 1.50 bits per heavy atom. The molecule has 0 N–H and O–H groups in total. The Morgan fingerprint density at radius 3 is 2.14 bits per heavy atom. The standard InChI is InChI=1S/C17H16O5/c1-20-16(18)13-6-8-15(9-7-13)22-11-12-4-3-5-14(10-12)17(19)21-2/h3-10H,11H2,1-2H3. The third kappa shape index (κ3) is 3.85. The van der Waals surface area contributed by atoms with Crippen molar-refractivity contribution in [3.8, 4) is 5.75 Å². The van der Waals surface area contributed by atoms with E-state index in [-0.39, 0.29) is 5.97 Å². The highest BCUT2D eigenvalue weighted by Crippen LogP contribution is 2.15. The number of rotatable bonds is 5. The predicted octanol–water partition coefficient (Wildman–Crippen LogP) is 2.84. The van der Waals surface area contributed by atoms with Crippen LogP contribution in [0.5, 0.6) is 5.75 Å². The normalized spacial score (nSPS) is 9.91. The van der Waals surface area contributed by atoms with E-state index in [0.29, 0.717) is 23.5 Å². The van der Waals surface area contributed by atoms with E-state index in [1.165, 1.54) is 14.2 Å². The minimum absolute atomic E-state index is 0.308. The van der Waals surface area contributed by atoms with Crippen LogP contribution in [0, 0.1) is 0 Å². The third-order valence-electron chi connectivity index (χ3n) is 3.03. The highest BCUT2D eigenvalue weighted by molar-refractivity contribution is 5.89. The summed E-state index contributed by atoms with van der Waals surface area (Å²) in [6.45, 7) is 0.308. The highest BCUT2D eigenvalue weighted by Gasteiger charge is 2.07. The number of ether oxygens (including phenoxy) is 3. The fourth-order valence-corrected chi connectivity index (χ4v) is 1.88. The summed E-state index contributed by atoms with van der Waals surface area (Å²) in [6, 6.07) is 13.7. The first-order valence-electron chi connectivity index (χ1n) is 6.62. The lowest BCUT2D eigenvalue weighted by Crippen LogP contribution is -2.03. The van der Waals surface area contributed by atoms with E-state index in [1.807, 2.05) is 6.07 Å². The zero-order chi connectivity index (χ0) is 15.9. The van der Waals surface area contributed by atoms with Crippen molar-refractivity contribution in [1.29, 1.82) is 0 Å². The van der Waals surface area contributed by atoms with E-state index in [2.05, 4.69) is 9.47 Å². The van der Waals surface area contributed by atoms with Crippen LogP contribution in [0.25, 0.3) is 0 Å². The number of methoxy groups -OCH3 is 2. The van der Waals surface area contributed by atoms with Crippen molar-refractivity contribution in [3.63, 3.8) is 0 Å². The number of carbonyl (C=O) groups excluding carboxylic acids is 2. The molecular formula is C17H16O5. The van der Waals surface area contributed by atoms with E-state index in [4.69, 9.17) is 4.74 Å². The van der Waals surface area contributed by atoms with Gasteiger partial charge in [0.2, 0.25) is 0 Å². The number of hydrogen-bond acceptors (Lipinski definition) is 5. The number of carbonyl (C=O) groups is 2. The van der Waals surface area contributed by atoms with Crippen LogP contribution in [0.3, 0.4) is 0 Å². The average molecular weight is 300 g/mol. The second kappa shape index (κ2) is 7.26. The molecule has 0 aliphatic rings. The van der Waals surface area contributed by atoms with E-state index < -0.39 is 5.97 Å². The SMILES string of the molecule is COC(=O)c1ccc(OCc2cccc(C(=O)OC)c2)cc1. The van der Waals surface area contributed by atoms with Crippen molar-refractivity contribution in [1.82, 2.24) is 0 Å². The molecule has 2 aromatic carbocycles. The summed E-state index contributed by atoms with van der Waals surface area (Å²) in [7, 11) is 2.68. The van der Waals surface area contributed by atoms with Crippen LogP contribution >= 0.6 is 0 Å².